The molecule has 1 aromatic heterocycles. The highest BCUT2D eigenvalue weighted by Gasteiger charge is 2.67. The van der Waals surface area contributed by atoms with Crippen molar-refractivity contribution in [3.8, 4) is 0 Å². The number of ether oxygens (including phenoxy) is 1. The molecule has 8 nitrogen and oxygen atoms in total. The minimum absolute atomic E-state index is 0.0388. The van der Waals surface area contributed by atoms with Crippen LogP contribution in [0.4, 0.5) is 0 Å². The number of likely N-dealkylation sites (tertiary alicyclic amines) is 2. The number of nitrogens with one attached hydrogen (secondary N) is 1. The van der Waals surface area contributed by atoms with Crippen LogP contribution in [0.1, 0.15) is 30.7 Å². The molecule has 0 unspecified atom stereocenters. The van der Waals surface area contributed by atoms with E-state index >= 15 is 0 Å². The predicted octanol–water partition coefficient (Wildman–Crippen LogP) is 0.944. The van der Waals surface area contributed by atoms with Crippen molar-refractivity contribution in [2.24, 2.45) is 11.8 Å². The van der Waals surface area contributed by atoms with E-state index in [1.165, 1.54) is 19.3 Å². The molecule has 162 valence electrons. The van der Waals surface area contributed by atoms with Crippen LogP contribution in [0.25, 0.3) is 0 Å². The van der Waals surface area contributed by atoms with E-state index in [9.17, 15) is 9.59 Å². The number of amides is 2. The highest BCUT2D eigenvalue weighted by atomic mass is 16.5. The largest absolute Gasteiger partial charge is 0.360 e. The average Bonchev–Trinajstić information content (AvgIpc) is 3.48. The number of carbonyl (C=O) groups excluding carboxylic acids is 2. The smallest absolute Gasteiger partial charge is 0.230 e. The molecule has 0 saturated carbocycles. The first-order valence-corrected chi connectivity index (χ1v) is 11.1. The number of piperidine rings is 1. The Hall–Kier alpha value is -2.19. The van der Waals surface area contributed by atoms with Crippen molar-refractivity contribution in [1.29, 1.82) is 0 Å². The zero-order chi connectivity index (χ0) is 20.9. The maximum atomic E-state index is 13.3. The number of rotatable bonds is 6. The van der Waals surface area contributed by atoms with E-state index < -0.39 is 17.4 Å². The molecule has 0 radical (unpaired) electrons. The Labute approximate surface area is 177 Å². The molecule has 4 aliphatic heterocycles. The summed E-state index contributed by atoms with van der Waals surface area (Å²) in [6.45, 7) is 6.76. The number of carbonyl (C=O) groups is 2. The Bertz CT molecular complexity index is 861. The zero-order valence-corrected chi connectivity index (χ0v) is 17.8. The van der Waals surface area contributed by atoms with Gasteiger partial charge in [0.2, 0.25) is 11.8 Å². The molecule has 4 atom stereocenters. The van der Waals surface area contributed by atoms with Crippen LogP contribution < -0.4 is 0 Å². The van der Waals surface area contributed by atoms with Gasteiger partial charge in [-0.3, -0.25) is 14.7 Å². The third-order valence-corrected chi connectivity index (χ3v) is 7.13. The van der Waals surface area contributed by atoms with Gasteiger partial charge in [-0.1, -0.05) is 18.6 Å². The molecule has 2 amide bonds. The topological polar surface area (TPSA) is 81.8 Å². The fraction of sp³-hybridized carbons (Fsp3) is 0.682. The lowest BCUT2D eigenvalue weighted by Gasteiger charge is -2.29. The van der Waals surface area contributed by atoms with Crippen molar-refractivity contribution >= 4 is 11.8 Å². The number of aromatic nitrogens is 2. The Kier molecular flexibility index (Phi) is 4.94. The molecule has 1 spiro atoms. The molecular weight excluding hydrogens is 382 g/mol. The molecular formula is C22H31N5O3. The minimum Gasteiger partial charge on any atom is -0.360 e. The molecule has 3 fully saturated rings. The molecule has 0 aromatic carbocycles. The van der Waals surface area contributed by atoms with E-state index in [0.717, 1.165) is 31.0 Å². The molecule has 3 saturated heterocycles. The second-order valence-corrected chi connectivity index (χ2v) is 9.30. The van der Waals surface area contributed by atoms with Gasteiger partial charge in [-0.2, -0.15) is 5.10 Å². The number of aryl methyl sites for hydroxylation is 1. The Morgan fingerprint density at radius 3 is 2.87 bits per heavy atom. The number of hydrogen-bond donors (Lipinski definition) is 1. The molecule has 5 heterocycles. The third-order valence-electron chi connectivity index (χ3n) is 7.13. The molecule has 5 rings (SSSR count). The average molecular weight is 414 g/mol. The van der Waals surface area contributed by atoms with Crippen LogP contribution >= 0.6 is 0 Å². The summed E-state index contributed by atoms with van der Waals surface area (Å²) >= 11 is 0. The zero-order valence-electron chi connectivity index (χ0n) is 17.8. The van der Waals surface area contributed by atoms with Crippen LogP contribution in [-0.4, -0.2) is 88.2 Å². The lowest BCUT2D eigenvalue weighted by molar-refractivity contribution is -0.142. The highest BCUT2D eigenvalue weighted by Crippen LogP contribution is 2.52. The number of fused-ring (bicyclic) bond motifs is 1. The van der Waals surface area contributed by atoms with Crippen LogP contribution in [0, 0.1) is 18.8 Å². The number of hydrogen-bond acceptors (Lipinski definition) is 5. The molecule has 1 N–H and O–H groups in total. The minimum atomic E-state index is -0.631. The molecule has 2 bridgehead atoms. The summed E-state index contributed by atoms with van der Waals surface area (Å²) < 4.78 is 6.26. The van der Waals surface area contributed by atoms with Gasteiger partial charge in [-0.25, -0.2) is 0 Å². The van der Waals surface area contributed by atoms with E-state index in [2.05, 4.69) is 15.1 Å². The second-order valence-electron chi connectivity index (χ2n) is 9.30. The number of H-pyrrole nitrogens is 1. The van der Waals surface area contributed by atoms with Gasteiger partial charge in [-0.15, -0.1) is 0 Å². The van der Waals surface area contributed by atoms with Crippen LogP contribution in [0.15, 0.2) is 18.2 Å². The highest BCUT2D eigenvalue weighted by molar-refractivity contribution is 5.93. The summed E-state index contributed by atoms with van der Waals surface area (Å²) in [4.78, 5) is 32.7. The van der Waals surface area contributed by atoms with Crippen LogP contribution in [-0.2, 0) is 20.9 Å². The summed E-state index contributed by atoms with van der Waals surface area (Å²) in [6.07, 6.45) is 7.49. The van der Waals surface area contributed by atoms with Gasteiger partial charge < -0.3 is 19.4 Å². The first-order valence-electron chi connectivity index (χ1n) is 11.1. The maximum absolute atomic E-state index is 13.3. The normalized spacial score (nSPS) is 32.8. The Balaban J connectivity index is 1.27. The summed E-state index contributed by atoms with van der Waals surface area (Å²) in [5, 5.41) is 7.14. The Morgan fingerprint density at radius 2 is 2.13 bits per heavy atom. The number of nitrogens with zero attached hydrogens (tertiary/aromatic N) is 4. The maximum Gasteiger partial charge on any atom is 0.230 e. The van der Waals surface area contributed by atoms with Gasteiger partial charge in [0.25, 0.3) is 0 Å². The first kappa shape index (κ1) is 19.8. The van der Waals surface area contributed by atoms with Crippen molar-refractivity contribution in [3.63, 3.8) is 0 Å². The quantitative estimate of drug-likeness (QED) is 0.702. The van der Waals surface area contributed by atoms with Gasteiger partial charge in [0.05, 0.1) is 36.7 Å². The van der Waals surface area contributed by atoms with Gasteiger partial charge >= 0.3 is 0 Å². The van der Waals surface area contributed by atoms with Gasteiger partial charge in [0.15, 0.2) is 0 Å². The molecule has 1 aromatic rings. The van der Waals surface area contributed by atoms with E-state index in [-0.39, 0.29) is 17.9 Å². The van der Waals surface area contributed by atoms with Crippen molar-refractivity contribution < 1.29 is 14.3 Å². The van der Waals surface area contributed by atoms with E-state index in [1.54, 1.807) is 11.9 Å². The summed E-state index contributed by atoms with van der Waals surface area (Å²) in [7, 11) is 1.78. The van der Waals surface area contributed by atoms with E-state index in [0.29, 0.717) is 19.6 Å². The SMILES string of the molecule is Cc1cc(CN(C)C(=O)[C@H]2[C@@H]3C=C[C@@]4(CN(CCN5CCCCC5)C(=O)[C@H]24)O3)n[nH]1. The van der Waals surface area contributed by atoms with Gasteiger partial charge in [-0.05, 0) is 38.9 Å². The van der Waals surface area contributed by atoms with Crippen molar-refractivity contribution in [2.75, 3.05) is 39.8 Å². The fourth-order valence-corrected chi connectivity index (χ4v) is 5.63. The fourth-order valence-electron chi connectivity index (χ4n) is 5.63. The van der Waals surface area contributed by atoms with Crippen molar-refractivity contribution in [2.45, 2.75) is 44.4 Å². The summed E-state index contributed by atoms with van der Waals surface area (Å²) in [5.74, 6) is -0.832. The monoisotopic (exact) mass is 413 g/mol. The second kappa shape index (κ2) is 7.50. The molecule has 4 aliphatic rings. The summed E-state index contributed by atoms with van der Waals surface area (Å²) in [5.41, 5.74) is 1.15. The first-order chi connectivity index (χ1) is 14.5. The van der Waals surface area contributed by atoms with Gasteiger partial charge in [0.1, 0.15) is 5.60 Å². The summed E-state index contributed by atoms with van der Waals surface area (Å²) in [6, 6.07) is 1.94. The van der Waals surface area contributed by atoms with Crippen LogP contribution in [0.5, 0.6) is 0 Å². The van der Waals surface area contributed by atoms with Gasteiger partial charge in [0, 0.05) is 25.8 Å². The van der Waals surface area contributed by atoms with Crippen molar-refractivity contribution in [3.05, 3.63) is 29.6 Å². The van der Waals surface area contributed by atoms with Crippen LogP contribution in [0.3, 0.4) is 0 Å². The van der Waals surface area contributed by atoms with E-state index in [4.69, 9.17) is 4.74 Å². The standard InChI is InChI=1S/C22H31N5O3/c1-15-12-16(24-23-15)13-25(2)20(28)18-17-6-7-22(30-17)14-27(21(29)19(18)22)11-10-26-8-4-3-5-9-26/h6-7,12,17-19H,3-5,8-11,13-14H2,1-2H3,(H,23,24)/t17-,18-,19-,22-/m0/s1. The number of aromatic amines is 1. The Morgan fingerprint density at radius 1 is 1.33 bits per heavy atom. The molecule has 30 heavy (non-hydrogen) atoms. The molecule has 8 heteroatoms. The van der Waals surface area contributed by atoms with E-state index in [1.807, 2.05) is 30.0 Å². The van der Waals surface area contributed by atoms with Crippen molar-refractivity contribution in [1.82, 2.24) is 24.9 Å². The van der Waals surface area contributed by atoms with Crippen LogP contribution in [0.2, 0.25) is 0 Å². The lowest BCUT2D eigenvalue weighted by Crippen LogP contribution is -2.45. The molecule has 0 aliphatic carbocycles. The lowest BCUT2D eigenvalue weighted by atomic mass is 9.76. The third kappa shape index (κ3) is 3.26. The predicted molar refractivity (Wildman–Crippen MR) is 110 cm³/mol.